The van der Waals surface area contributed by atoms with Crippen LogP contribution in [0.2, 0.25) is 0 Å². The number of carbonyl (C=O) groups is 1. The van der Waals surface area contributed by atoms with Gasteiger partial charge in [-0.05, 0) is 0 Å². The molecule has 0 bridgehead atoms. The first-order valence-corrected chi connectivity index (χ1v) is 2.88. The zero-order valence-electron chi connectivity index (χ0n) is 5.80. The topological polar surface area (TPSA) is 88.2 Å². The third-order valence-electron chi connectivity index (χ3n) is 1.13. The predicted molar refractivity (Wildman–Crippen MR) is 33.6 cm³/mol. The van der Waals surface area contributed by atoms with Crippen LogP contribution in [0.5, 0.6) is 0 Å². The van der Waals surface area contributed by atoms with E-state index in [-0.39, 0.29) is 5.69 Å². The van der Waals surface area contributed by atoms with Crippen molar-refractivity contribution in [3.05, 3.63) is 11.9 Å². The van der Waals surface area contributed by atoms with Crippen molar-refractivity contribution in [3.63, 3.8) is 0 Å². The summed E-state index contributed by atoms with van der Waals surface area (Å²) < 4.78 is 1.32. The molecule has 6 heteroatoms. The maximum Gasteiger partial charge on any atom is 0.339 e. The predicted octanol–water partition coefficient (Wildman–Crippen LogP) is -1.07. The van der Waals surface area contributed by atoms with Crippen LogP contribution >= 0.6 is 0 Å². The molecule has 0 fully saturated rings. The number of nitrogens with zero attached hydrogens (tertiary/aromatic N) is 3. The number of aliphatic carboxylic acids is 1. The van der Waals surface area contributed by atoms with Crippen molar-refractivity contribution in [2.75, 3.05) is 0 Å². The summed E-state index contributed by atoms with van der Waals surface area (Å²) in [7, 11) is 1.59. The number of aliphatic hydroxyl groups is 1. The van der Waals surface area contributed by atoms with Crippen LogP contribution in [0, 0.1) is 0 Å². The average molecular weight is 157 g/mol. The lowest BCUT2D eigenvalue weighted by Crippen LogP contribution is -2.10. The normalized spacial score (nSPS) is 12.9. The molecule has 0 aliphatic carbocycles. The molecule has 0 saturated carbocycles. The third kappa shape index (κ3) is 1.53. The zero-order chi connectivity index (χ0) is 8.43. The Hall–Kier alpha value is -1.43. The molecule has 11 heavy (non-hydrogen) atoms. The van der Waals surface area contributed by atoms with Gasteiger partial charge in [0.1, 0.15) is 5.69 Å². The van der Waals surface area contributed by atoms with E-state index in [1.165, 1.54) is 10.9 Å². The lowest BCUT2D eigenvalue weighted by molar-refractivity contribution is -0.147. The number of aryl methyl sites for hydroxylation is 1. The van der Waals surface area contributed by atoms with Gasteiger partial charge in [0.2, 0.25) is 0 Å². The van der Waals surface area contributed by atoms with E-state index in [9.17, 15) is 4.79 Å². The van der Waals surface area contributed by atoms with E-state index in [0.29, 0.717) is 0 Å². The summed E-state index contributed by atoms with van der Waals surface area (Å²) in [5, 5.41) is 24.1. The van der Waals surface area contributed by atoms with Crippen molar-refractivity contribution >= 4 is 5.97 Å². The highest BCUT2D eigenvalue weighted by atomic mass is 16.4. The van der Waals surface area contributed by atoms with Gasteiger partial charge in [-0.2, -0.15) is 0 Å². The van der Waals surface area contributed by atoms with E-state index < -0.39 is 12.1 Å². The van der Waals surface area contributed by atoms with Crippen molar-refractivity contribution in [1.82, 2.24) is 15.0 Å². The van der Waals surface area contributed by atoms with Gasteiger partial charge in [-0.15, -0.1) is 5.10 Å². The van der Waals surface area contributed by atoms with E-state index in [0.717, 1.165) is 0 Å². The Balaban J connectivity index is 2.84. The summed E-state index contributed by atoms with van der Waals surface area (Å²) in [6.45, 7) is 0. The number of aromatic nitrogens is 3. The molecule has 0 aliphatic rings. The number of aliphatic hydroxyl groups excluding tert-OH is 1. The fourth-order valence-corrected chi connectivity index (χ4v) is 0.617. The Bertz CT molecular complexity index is 270. The fourth-order valence-electron chi connectivity index (χ4n) is 0.617. The van der Waals surface area contributed by atoms with Crippen molar-refractivity contribution < 1.29 is 15.0 Å². The minimum absolute atomic E-state index is 0.0417. The molecular formula is C5H7N3O3. The van der Waals surface area contributed by atoms with Gasteiger partial charge < -0.3 is 10.2 Å². The highest BCUT2D eigenvalue weighted by Gasteiger charge is 2.18. The van der Waals surface area contributed by atoms with Gasteiger partial charge in [-0.3, -0.25) is 4.68 Å². The highest BCUT2D eigenvalue weighted by Crippen LogP contribution is 2.06. The van der Waals surface area contributed by atoms with Crippen molar-refractivity contribution in [1.29, 1.82) is 0 Å². The Morgan fingerprint density at radius 2 is 2.45 bits per heavy atom. The molecule has 0 spiro atoms. The molecule has 2 N–H and O–H groups in total. The lowest BCUT2D eigenvalue weighted by atomic mass is 10.3. The molecule has 6 nitrogen and oxygen atoms in total. The summed E-state index contributed by atoms with van der Waals surface area (Å²) >= 11 is 0. The van der Waals surface area contributed by atoms with Gasteiger partial charge in [-0.25, -0.2) is 4.79 Å². The molecule has 1 unspecified atom stereocenters. The third-order valence-corrected chi connectivity index (χ3v) is 1.13. The molecular weight excluding hydrogens is 150 g/mol. The number of hydrogen-bond acceptors (Lipinski definition) is 4. The monoisotopic (exact) mass is 157 g/mol. The first kappa shape index (κ1) is 7.67. The van der Waals surface area contributed by atoms with E-state index >= 15 is 0 Å². The molecule has 1 aromatic heterocycles. The van der Waals surface area contributed by atoms with Gasteiger partial charge in [0.25, 0.3) is 0 Å². The second-order valence-electron chi connectivity index (χ2n) is 2.06. The number of carboxylic acids is 1. The standard InChI is InChI=1S/C5H7N3O3/c1-8-2-3(6-7-8)4(9)5(10)11/h2,4,9H,1H3,(H,10,11). The molecule has 0 amide bonds. The van der Waals surface area contributed by atoms with Crippen LogP contribution in [0.3, 0.4) is 0 Å². The second kappa shape index (κ2) is 2.67. The van der Waals surface area contributed by atoms with Crippen LogP contribution in [0.25, 0.3) is 0 Å². The van der Waals surface area contributed by atoms with Crippen LogP contribution in [0.1, 0.15) is 11.8 Å². The quantitative estimate of drug-likeness (QED) is 0.570. The minimum Gasteiger partial charge on any atom is -0.479 e. The SMILES string of the molecule is Cn1cc(C(O)C(=O)O)nn1. The number of rotatable bonds is 2. The summed E-state index contributed by atoms with van der Waals surface area (Å²) in [5.74, 6) is -1.33. The molecule has 60 valence electrons. The molecule has 0 saturated heterocycles. The summed E-state index contributed by atoms with van der Waals surface area (Å²) in [5.41, 5.74) is 0.0417. The molecule has 0 radical (unpaired) electrons. The van der Waals surface area contributed by atoms with Crippen LogP contribution in [0.4, 0.5) is 0 Å². The smallest absolute Gasteiger partial charge is 0.339 e. The number of carboxylic acid groups (broad SMARTS) is 1. The molecule has 1 aromatic rings. The Kier molecular flexibility index (Phi) is 1.86. The molecule has 0 aromatic carbocycles. The molecule has 1 rings (SSSR count). The Labute approximate surface area is 62.1 Å². The molecule has 1 atom stereocenters. The second-order valence-corrected chi connectivity index (χ2v) is 2.06. The van der Waals surface area contributed by atoms with E-state index in [1.54, 1.807) is 7.05 Å². The largest absolute Gasteiger partial charge is 0.479 e. The van der Waals surface area contributed by atoms with E-state index in [1.807, 2.05) is 0 Å². The molecule has 0 aliphatic heterocycles. The van der Waals surface area contributed by atoms with Crippen molar-refractivity contribution in [3.8, 4) is 0 Å². The van der Waals surface area contributed by atoms with Gasteiger partial charge in [0.15, 0.2) is 6.10 Å². The first-order valence-electron chi connectivity index (χ1n) is 2.88. The summed E-state index contributed by atoms with van der Waals surface area (Å²) in [6, 6.07) is 0. The van der Waals surface area contributed by atoms with Gasteiger partial charge in [0, 0.05) is 7.05 Å². The van der Waals surface area contributed by atoms with Crippen molar-refractivity contribution in [2.45, 2.75) is 6.10 Å². The Morgan fingerprint density at radius 3 is 2.82 bits per heavy atom. The summed E-state index contributed by atoms with van der Waals surface area (Å²) in [4.78, 5) is 10.2. The van der Waals surface area contributed by atoms with Gasteiger partial charge in [-0.1, -0.05) is 5.21 Å². The maximum absolute atomic E-state index is 10.2. The molecule has 1 heterocycles. The average Bonchev–Trinajstić information content (AvgIpc) is 2.34. The first-order chi connectivity index (χ1) is 5.11. The maximum atomic E-state index is 10.2. The Morgan fingerprint density at radius 1 is 1.82 bits per heavy atom. The zero-order valence-corrected chi connectivity index (χ0v) is 5.80. The fraction of sp³-hybridized carbons (Fsp3) is 0.400. The van der Waals surface area contributed by atoms with E-state index in [2.05, 4.69) is 10.3 Å². The van der Waals surface area contributed by atoms with Crippen LogP contribution in [-0.2, 0) is 11.8 Å². The van der Waals surface area contributed by atoms with E-state index in [4.69, 9.17) is 10.2 Å². The van der Waals surface area contributed by atoms with Gasteiger partial charge in [0.05, 0.1) is 6.20 Å². The van der Waals surface area contributed by atoms with Crippen molar-refractivity contribution in [2.24, 2.45) is 7.05 Å². The lowest BCUT2D eigenvalue weighted by Gasteiger charge is -1.97. The number of hydrogen-bond donors (Lipinski definition) is 2. The van der Waals surface area contributed by atoms with Gasteiger partial charge >= 0.3 is 5.97 Å². The highest BCUT2D eigenvalue weighted by molar-refractivity contribution is 5.73. The van der Waals surface area contributed by atoms with Crippen LogP contribution in [0.15, 0.2) is 6.20 Å². The summed E-state index contributed by atoms with van der Waals surface area (Å²) in [6.07, 6.45) is -0.234. The van der Waals surface area contributed by atoms with Crippen LogP contribution in [-0.4, -0.2) is 31.2 Å². The van der Waals surface area contributed by atoms with Crippen LogP contribution < -0.4 is 0 Å². The minimum atomic E-state index is -1.58.